The molecule has 0 aliphatic carbocycles. The molecule has 0 radical (unpaired) electrons. The first-order valence-electron chi connectivity index (χ1n) is 8.00. The van der Waals surface area contributed by atoms with E-state index in [2.05, 4.69) is 5.32 Å². The lowest BCUT2D eigenvalue weighted by Crippen LogP contribution is -2.48. The van der Waals surface area contributed by atoms with E-state index < -0.39 is 6.10 Å². The number of piperidine rings is 1. The first-order chi connectivity index (χ1) is 10.6. The van der Waals surface area contributed by atoms with E-state index in [1.54, 1.807) is 12.1 Å². The van der Waals surface area contributed by atoms with E-state index in [9.17, 15) is 4.79 Å². The van der Waals surface area contributed by atoms with E-state index in [-0.39, 0.29) is 5.91 Å². The molecule has 5 heteroatoms. The molecule has 1 N–H and O–H groups in total. The number of nitrogens with zero attached hydrogens (tertiary/aromatic N) is 1. The van der Waals surface area contributed by atoms with Gasteiger partial charge >= 0.3 is 0 Å². The average Bonchev–Trinajstić information content (AvgIpc) is 2.95. The molecular formula is C17H23ClN2O2. The normalized spacial score (nSPS) is 21.8. The van der Waals surface area contributed by atoms with Gasteiger partial charge in [0, 0.05) is 24.7 Å². The number of halogens is 1. The molecule has 22 heavy (non-hydrogen) atoms. The summed E-state index contributed by atoms with van der Waals surface area (Å²) in [5.41, 5.74) is 0.424. The number of rotatable bonds is 3. The minimum Gasteiger partial charge on any atom is -0.481 e. The molecule has 3 rings (SSSR count). The summed E-state index contributed by atoms with van der Waals surface area (Å²) in [6.45, 7) is 5.70. The summed E-state index contributed by atoms with van der Waals surface area (Å²) >= 11 is 5.94. The van der Waals surface area contributed by atoms with Crippen molar-refractivity contribution in [2.75, 3.05) is 26.2 Å². The minimum absolute atomic E-state index is 0.0702. The summed E-state index contributed by atoms with van der Waals surface area (Å²) in [5, 5.41) is 4.06. The molecule has 2 aliphatic rings. The van der Waals surface area contributed by atoms with Crippen molar-refractivity contribution in [3.05, 3.63) is 29.3 Å². The van der Waals surface area contributed by atoms with Gasteiger partial charge in [-0.3, -0.25) is 4.79 Å². The molecule has 2 saturated heterocycles. The standard InChI is InChI=1S/C17H23ClN2O2/c1-13(22-15-4-2-3-14(18)11-15)16(21)20-9-6-17(7-10-20)5-8-19-12-17/h2-4,11,13,19H,5-10,12H2,1H3. The number of hydrogen-bond donors (Lipinski definition) is 1. The smallest absolute Gasteiger partial charge is 0.263 e. The summed E-state index contributed by atoms with van der Waals surface area (Å²) in [4.78, 5) is 14.5. The molecule has 2 aliphatic heterocycles. The molecule has 0 bridgehead atoms. The third kappa shape index (κ3) is 3.39. The van der Waals surface area contributed by atoms with Gasteiger partial charge in [-0.05, 0) is 56.3 Å². The Balaban J connectivity index is 1.55. The first kappa shape index (κ1) is 15.6. The Morgan fingerprint density at radius 1 is 1.36 bits per heavy atom. The second kappa shape index (κ2) is 6.47. The van der Waals surface area contributed by atoms with Gasteiger partial charge in [-0.15, -0.1) is 0 Å². The Morgan fingerprint density at radius 3 is 2.77 bits per heavy atom. The Morgan fingerprint density at radius 2 is 2.14 bits per heavy atom. The Hall–Kier alpha value is -1.26. The van der Waals surface area contributed by atoms with Gasteiger partial charge in [-0.25, -0.2) is 0 Å². The molecule has 1 amide bonds. The third-order valence-electron chi connectivity index (χ3n) is 4.92. The van der Waals surface area contributed by atoms with Crippen molar-refractivity contribution in [3.8, 4) is 5.75 Å². The highest BCUT2D eigenvalue weighted by atomic mass is 35.5. The lowest BCUT2D eigenvalue weighted by molar-refractivity contribution is -0.140. The first-order valence-corrected chi connectivity index (χ1v) is 8.38. The maximum Gasteiger partial charge on any atom is 0.263 e. The highest BCUT2D eigenvalue weighted by Crippen LogP contribution is 2.37. The number of hydrogen-bond acceptors (Lipinski definition) is 3. The molecular weight excluding hydrogens is 300 g/mol. The van der Waals surface area contributed by atoms with E-state index >= 15 is 0 Å². The molecule has 1 unspecified atom stereocenters. The molecule has 120 valence electrons. The van der Waals surface area contributed by atoms with Crippen LogP contribution in [-0.4, -0.2) is 43.1 Å². The predicted molar refractivity (Wildman–Crippen MR) is 87.3 cm³/mol. The van der Waals surface area contributed by atoms with E-state index in [4.69, 9.17) is 16.3 Å². The zero-order valence-corrected chi connectivity index (χ0v) is 13.7. The number of likely N-dealkylation sites (tertiary alicyclic amines) is 1. The Labute approximate surface area is 136 Å². The predicted octanol–water partition coefficient (Wildman–Crippen LogP) is 2.71. The molecule has 0 saturated carbocycles. The molecule has 4 nitrogen and oxygen atoms in total. The molecule has 2 fully saturated rings. The van der Waals surface area contributed by atoms with Crippen LogP contribution in [0.1, 0.15) is 26.2 Å². The van der Waals surface area contributed by atoms with Crippen molar-refractivity contribution >= 4 is 17.5 Å². The summed E-state index contributed by atoms with van der Waals surface area (Å²) in [5.74, 6) is 0.711. The van der Waals surface area contributed by atoms with Crippen LogP contribution in [-0.2, 0) is 4.79 Å². The maximum atomic E-state index is 12.5. The minimum atomic E-state index is -0.478. The summed E-state index contributed by atoms with van der Waals surface area (Å²) in [6, 6.07) is 7.18. The fraction of sp³-hybridized carbons (Fsp3) is 0.588. The SMILES string of the molecule is CC(Oc1cccc(Cl)c1)C(=O)N1CCC2(CCNC2)CC1. The lowest BCUT2D eigenvalue weighted by atomic mass is 9.78. The van der Waals surface area contributed by atoms with Crippen molar-refractivity contribution in [2.24, 2.45) is 5.41 Å². The summed E-state index contributed by atoms with van der Waals surface area (Å²) < 4.78 is 5.74. The second-order valence-corrected chi connectivity index (χ2v) is 6.91. The highest BCUT2D eigenvalue weighted by Gasteiger charge is 2.38. The lowest BCUT2D eigenvalue weighted by Gasteiger charge is -2.39. The van der Waals surface area contributed by atoms with Gasteiger partial charge in [0.2, 0.25) is 0 Å². The van der Waals surface area contributed by atoms with E-state index in [0.29, 0.717) is 16.2 Å². The average molecular weight is 323 g/mol. The fourth-order valence-electron chi connectivity index (χ4n) is 3.48. The second-order valence-electron chi connectivity index (χ2n) is 6.47. The quantitative estimate of drug-likeness (QED) is 0.930. The van der Waals surface area contributed by atoms with Crippen molar-refractivity contribution in [1.29, 1.82) is 0 Å². The topological polar surface area (TPSA) is 41.6 Å². The van der Waals surface area contributed by atoms with Crippen molar-refractivity contribution in [1.82, 2.24) is 10.2 Å². The van der Waals surface area contributed by atoms with Gasteiger partial charge in [0.25, 0.3) is 5.91 Å². The highest BCUT2D eigenvalue weighted by molar-refractivity contribution is 6.30. The number of amides is 1. The van der Waals surface area contributed by atoms with Crippen LogP contribution in [0.4, 0.5) is 0 Å². The van der Waals surface area contributed by atoms with Crippen molar-refractivity contribution < 1.29 is 9.53 Å². The Bertz CT molecular complexity index is 533. The van der Waals surface area contributed by atoms with Gasteiger partial charge in [0.15, 0.2) is 6.10 Å². The summed E-state index contributed by atoms with van der Waals surface area (Å²) in [6.07, 6.45) is 2.95. The van der Waals surface area contributed by atoms with Gasteiger partial charge in [0.05, 0.1) is 0 Å². The number of benzene rings is 1. The molecule has 1 spiro atoms. The molecule has 0 aromatic heterocycles. The monoisotopic (exact) mass is 322 g/mol. The van der Waals surface area contributed by atoms with Gasteiger partial charge in [-0.1, -0.05) is 17.7 Å². The zero-order chi connectivity index (χ0) is 15.6. The van der Waals surface area contributed by atoms with Crippen LogP contribution in [0.2, 0.25) is 5.02 Å². The van der Waals surface area contributed by atoms with Crippen molar-refractivity contribution in [3.63, 3.8) is 0 Å². The zero-order valence-electron chi connectivity index (χ0n) is 13.0. The Kier molecular flexibility index (Phi) is 4.59. The fourth-order valence-corrected chi connectivity index (χ4v) is 3.66. The van der Waals surface area contributed by atoms with Crippen LogP contribution in [0.15, 0.2) is 24.3 Å². The largest absolute Gasteiger partial charge is 0.481 e. The molecule has 1 aromatic rings. The van der Waals surface area contributed by atoms with Crippen LogP contribution < -0.4 is 10.1 Å². The van der Waals surface area contributed by atoms with E-state index in [0.717, 1.165) is 39.0 Å². The van der Waals surface area contributed by atoms with E-state index in [1.165, 1.54) is 6.42 Å². The van der Waals surface area contributed by atoms with Crippen LogP contribution in [0.3, 0.4) is 0 Å². The van der Waals surface area contributed by atoms with Gasteiger partial charge in [-0.2, -0.15) is 0 Å². The number of carbonyl (C=O) groups excluding carboxylic acids is 1. The van der Waals surface area contributed by atoms with Crippen LogP contribution in [0, 0.1) is 5.41 Å². The van der Waals surface area contributed by atoms with Gasteiger partial charge in [0.1, 0.15) is 5.75 Å². The van der Waals surface area contributed by atoms with E-state index in [1.807, 2.05) is 24.0 Å². The van der Waals surface area contributed by atoms with Crippen LogP contribution in [0.5, 0.6) is 5.75 Å². The van der Waals surface area contributed by atoms with Crippen LogP contribution >= 0.6 is 11.6 Å². The third-order valence-corrected chi connectivity index (χ3v) is 5.16. The number of nitrogens with one attached hydrogen (secondary N) is 1. The van der Waals surface area contributed by atoms with Crippen molar-refractivity contribution in [2.45, 2.75) is 32.3 Å². The summed E-state index contributed by atoms with van der Waals surface area (Å²) in [7, 11) is 0. The molecule has 1 atom stereocenters. The van der Waals surface area contributed by atoms with Crippen LogP contribution in [0.25, 0.3) is 0 Å². The molecule has 2 heterocycles. The molecule has 1 aromatic carbocycles. The number of ether oxygens (including phenoxy) is 1. The van der Waals surface area contributed by atoms with Gasteiger partial charge < -0.3 is 15.0 Å². The number of carbonyl (C=O) groups is 1. The maximum absolute atomic E-state index is 12.5.